The molecular formula is C12H9ClFNO. The Morgan fingerprint density at radius 2 is 2.06 bits per heavy atom. The number of aromatic nitrogens is 1. The number of benzene rings is 1. The third-order valence-electron chi connectivity index (χ3n) is 2.22. The molecule has 2 rings (SSSR count). The van der Waals surface area contributed by atoms with Gasteiger partial charge in [0.15, 0.2) is 0 Å². The molecule has 0 aliphatic heterocycles. The molecule has 2 aromatic rings. The first-order chi connectivity index (χ1) is 7.70. The topological polar surface area (TPSA) is 33.1 Å². The zero-order chi connectivity index (χ0) is 11.5. The Balaban J connectivity index is 2.38. The van der Waals surface area contributed by atoms with Crippen molar-refractivity contribution in [1.82, 2.24) is 4.98 Å². The van der Waals surface area contributed by atoms with Gasteiger partial charge in [-0.25, -0.2) is 4.39 Å². The second-order valence-electron chi connectivity index (χ2n) is 3.34. The number of aliphatic hydroxyl groups excluding tert-OH is 1. The van der Waals surface area contributed by atoms with Crippen LogP contribution in [0.3, 0.4) is 0 Å². The van der Waals surface area contributed by atoms with Crippen molar-refractivity contribution in [3.63, 3.8) is 0 Å². The van der Waals surface area contributed by atoms with Gasteiger partial charge in [-0.1, -0.05) is 23.7 Å². The smallest absolute Gasteiger partial charge is 0.142 e. The van der Waals surface area contributed by atoms with Crippen molar-refractivity contribution in [1.29, 1.82) is 0 Å². The SMILES string of the molecule is OCc1ccc(-c2ccc(Cl)c(F)c2)nc1. The van der Waals surface area contributed by atoms with Crippen molar-refractivity contribution < 1.29 is 9.50 Å². The van der Waals surface area contributed by atoms with Crippen molar-refractivity contribution in [3.05, 3.63) is 52.9 Å². The lowest BCUT2D eigenvalue weighted by atomic mass is 10.1. The Bertz CT molecular complexity index is 499. The lowest BCUT2D eigenvalue weighted by Crippen LogP contribution is -1.88. The highest BCUT2D eigenvalue weighted by Gasteiger charge is 2.04. The number of pyridine rings is 1. The molecule has 82 valence electrons. The van der Waals surface area contributed by atoms with E-state index in [0.29, 0.717) is 11.3 Å². The van der Waals surface area contributed by atoms with Crippen LogP contribution >= 0.6 is 11.6 Å². The van der Waals surface area contributed by atoms with Crippen LogP contribution in [0.4, 0.5) is 4.39 Å². The molecule has 0 spiro atoms. The Morgan fingerprint density at radius 1 is 1.25 bits per heavy atom. The molecule has 0 saturated heterocycles. The fourth-order valence-corrected chi connectivity index (χ4v) is 1.46. The Hall–Kier alpha value is -1.45. The van der Waals surface area contributed by atoms with E-state index >= 15 is 0 Å². The fourth-order valence-electron chi connectivity index (χ4n) is 1.34. The number of nitrogens with zero attached hydrogens (tertiary/aromatic N) is 1. The molecule has 0 aliphatic rings. The summed E-state index contributed by atoms with van der Waals surface area (Å²) in [7, 11) is 0. The quantitative estimate of drug-likeness (QED) is 0.871. The summed E-state index contributed by atoms with van der Waals surface area (Å²) in [5.41, 5.74) is 2.03. The molecule has 1 aromatic carbocycles. The second kappa shape index (κ2) is 4.60. The lowest BCUT2D eigenvalue weighted by molar-refractivity contribution is 0.281. The van der Waals surface area contributed by atoms with E-state index in [-0.39, 0.29) is 11.6 Å². The van der Waals surface area contributed by atoms with E-state index in [1.54, 1.807) is 24.4 Å². The van der Waals surface area contributed by atoms with Gasteiger partial charge in [-0.2, -0.15) is 0 Å². The minimum Gasteiger partial charge on any atom is -0.392 e. The molecule has 1 heterocycles. The summed E-state index contributed by atoms with van der Waals surface area (Å²) in [5.74, 6) is -0.466. The van der Waals surface area contributed by atoms with Gasteiger partial charge in [0.2, 0.25) is 0 Å². The van der Waals surface area contributed by atoms with Gasteiger partial charge in [0.25, 0.3) is 0 Å². The standard InChI is InChI=1S/C12H9ClFNO/c13-10-3-2-9(5-11(10)14)12-4-1-8(7-16)6-15-12/h1-6,16H,7H2. The molecule has 0 radical (unpaired) electrons. The van der Waals surface area contributed by atoms with Crippen LogP contribution in [0.25, 0.3) is 11.3 Å². The molecule has 16 heavy (non-hydrogen) atoms. The summed E-state index contributed by atoms with van der Waals surface area (Å²) < 4.78 is 13.2. The lowest BCUT2D eigenvalue weighted by Gasteiger charge is -2.02. The average molecular weight is 238 g/mol. The zero-order valence-electron chi connectivity index (χ0n) is 8.32. The van der Waals surface area contributed by atoms with E-state index in [1.165, 1.54) is 12.1 Å². The molecule has 0 amide bonds. The predicted octanol–water partition coefficient (Wildman–Crippen LogP) is 3.03. The van der Waals surface area contributed by atoms with Gasteiger partial charge >= 0.3 is 0 Å². The van der Waals surface area contributed by atoms with E-state index < -0.39 is 5.82 Å². The molecule has 0 aliphatic carbocycles. The molecule has 1 aromatic heterocycles. The van der Waals surface area contributed by atoms with Crippen molar-refractivity contribution >= 4 is 11.6 Å². The minimum atomic E-state index is -0.466. The summed E-state index contributed by atoms with van der Waals surface area (Å²) in [6, 6.07) is 8.01. The normalized spacial score (nSPS) is 10.4. The van der Waals surface area contributed by atoms with Crippen LogP contribution in [0.2, 0.25) is 5.02 Å². The maximum Gasteiger partial charge on any atom is 0.142 e. The molecule has 0 saturated carbocycles. The number of aliphatic hydroxyl groups is 1. The Labute approximate surface area is 97.3 Å². The molecule has 1 N–H and O–H groups in total. The summed E-state index contributed by atoms with van der Waals surface area (Å²) in [4.78, 5) is 4.12. The van der Waals surface area contributed by atoms with Crippen LogP contribution < -0.4 is 0 Å². The minimum absolute atomic E-state index is 0.0533. The molecule has 2 nitrogen and oxygen atoms in total. The first-order valence-electron chi connectivity index (χ1n) is 4.72. The Morgan fingerprint density at radius 3 is 2.62 bits per heavy atom. The van der Waals surface area contributed by atoms with Crippen LogP contribution in [0.15, 0.2) is 36.5 Å². The van der Waals surface area contributed by atoms with Gasteiger partial charge < -0.3 is 5.11 Å². The highest BCUT2D eigenvalue weighted by atomic mass is 35.5. The van der Waals surface area contributed by atoms with Crippen molar-refractivity contribution in [2.24, 2.45) is 0 Å². The van der Waals surface area contributed by atoms with E-state index in [1.807, 2.05) is 0 Å². The Kier molecular flexibility index (Phi) is 3.17. The van der Waals surface area contributed by atoms with Gasteiger partial charge in [-0.3, -0.25) is 4.98 Å². The molecule has 0 unspecified atom stereocenters. The summed E-state index contributed by atoms with van der Waals surface area (Å²) in [6.07, 6.45) is 1.56. The van der Waals surface area contributed by atoms with Crippen LogP contribution in [-0.4, -0.2) is 10.1 Å². The molecule has 0 atom stereocenters. The van der Waals surface area contributed by atoms with Crippen LogP contribution in [0.1, 0.15) is 5.56 Å². The van der Waals surface area contributed by atoms with Gasteiger partial charge in [-0.05, 0) is 23.8 Å². The van der Waals surface area contributed by atoms with Crippen molar-refractivity contribution in [2.75, 3.05) is 0 Å². The first kappa shape index (κ1) is 11.0. The van der Waals surface area contributed by atoms with E-state index in [2.05, 4.69) is 4.98 Å². The van der Waals surface area contributed by atoms with Gasteiger partial charge in [0.1, 0.15) is 5.82 Å². The van der Waals surface area contributed by atoms with Gasteiger partial charge in [0, 0.05) is 11.8 Å². The second-order valence-corrected chi connectivity index (χ2v) is 3.75. The highest BCUT2D eigenvalue weighted by Crippen LogP contribution is 2.22. The molecule has 0 bridgehead atoms. The highest BCUT2D eigenvalue weighted by molar-refractivity contribution is 6.30. The first-order valence-corrected chi connectivity index (χ1v) is 5.09. The number of hydrogen-bond donors (Lipinski definition) is 1. The van der Waals surface area contributed by atoms with E-state index in [0.717, 1.165) is 5.56 Å². The maximum absolute atomic E-state index is 13.2. The van der Waals surface area contributed by atoms with Gasteiger partial charge in [-0.15, -0.1) is 0 Å². The molecule has 4 heteroatoms. The van der Waals surface area contributed by atoms with Crippen LogP contribution in [-0.2, 0) is 6.61 Å². The third-order valence-corrected chi connectivity index (χ3v) is 2.53. The van der Waals surface area contributed by atoms with Crippen LogP contribution in [0, 0.1) is 5.82 Å². The van der Waals surface area contributed by atoms with Crippen molar-refractivity contribution in [3.8, 4) is 11.3 Å². The van der Waals surface area contributed by atoms with Gasteiger partial charge in [0.05, 0.1) is 17.3 Å². The predicted molar refractivity (Wildman–Crippen MR) is 60.6 cm³/mol. The zero-order valence-corrected chi connectivity index (χ0v) is 9.08. The summed E-state index contributed by atoms with van der Waals surface area (Å²) >= 11 is 5.59. The maximum atomic E-state index is 13.2. The number of hydrogen-bond acceptors (Lipinski definition) is 2. The van der Waals surface area contributed by atoms with Crippen LogP contribution in [0.5, 0.6) is 0 Å². The largest absolute Gasteiger partial charge is 0.392 e. The van der Waals surface area contributed by atoms with E-state index in [4.69, 9.17) is 16.7 Å². The van der Waals surface area contributed by atoms with Crippen molar-refractivity contribution in [2.45, 2.75) is 6.61 Å². The molecular weight excluding hydrogens is 229 g/mol. The number of halogens is 2. The fraction of sp³-hybridized carbons (Fsp3) is 0.0833. The summed E-state index contributed by atoms with van der Waals surface area (Å²) in [6.45, 7) is -0.0533. The third kappa shape index (κ3) is 2.21. The average Bonchev–Trinajstić information content (AvgIpc) is 2.33. The number of rotatable bonds is 2. The van der Waals surface area contributed by atoms with E-state index in [9.17, 15) is 4.39 Å². The molecule has 0 fully saturated rings. The monoisotopic (exact) mass is 237 g/mol. The summed E-state index contributed by atoms with van der Waals surface area (Å²) in [5, 5.41) is 8.96.